The van der Waals surface area contributed by atoms with E-state index in [2.05, 4.69) is 17.4 Å². The molecule has 0 bridgehead atoms. The molecule has 2 amide bonds. The summed E-state index contributed by atoms with van der Waals surface area (Å²) in [5.74, 6) is -0.757. The van der Waals surface area contributed by atoms with Crippen LogP contribution in [0, 0.1) is 0 Å². The number of benzene rings is 1. The highest BCUT2D eigenvalue weighted by Crippen LogP contribution is 2.12. The van der Waals surface area contributed by atoms with Gasteiger partial charge in [-0.2, -0.15) is 0 Å². The van der Waals surface area contributed by atoms with Gasteiger partial charge in [-0.15, -0.1) is 0 Å². The second-order valence-electron chi connectivity index (χ2n) is 6.48. The zero-order chi connectivity index (χ0) is 20.5. The number of rotatable bonds is 12. The molecule has 0 aliphatic carbocycles. The number of carbonyl (C=O) groups is 2. The van der Waals surface area contributed by atoms with Crippen molar-refractivity contribution >= 4 is 17.5 Å². The zero-order valence-electron chi connectivity index (χ0n) is 17.1. The van der Waals surface area contributed by atoms with E-state index in [1.807, 2.05) is 26.0 Å². The molecule has 0 saturated carbocycles. The van der Waals surface area contributed by atoms with E-state index >= 15 is 0 Å². The van der Waals surface area contributed by atoms with Crippen molar-refractivity contribution in [2.75, 3.05) is 5.73 Å². The molecular formula is C21H37N3O3. The Morgan fingerprint density at radius 3 is 2.04 bits per heavy atom. The molecule has 1 rings (SSSR count). The second kappa shape index (κ2) is 16.1. The van der Waals surface area contributed by atoms with E-state index < -0.39 is 11.9 Å². The lowest BCUT2D eigenvalue weighted by molar-refractivity contribution is -0.134. The van der Waals surface area contributed by atoms with E-state index in [-0.39, 0.29) is 5.91 Å². The van der Waals surface area contributed by atoms with Gasteiger partial charge in [-0.05, 0) is 43.9 Å². The van der Waals surface area contributed by atoms with Gasteiger partial charge >= 0.3 is 0 Å². The fourth-order valence-corrected chi connectivity index (χ4v) is 2.66. The maximum atomic E-state index is 11.6. The van der Waals surface area contributed by atoms with Crippen LogP contribution in [0.2, 0.25) is 0 Å². The minimum Gasteiger partial charge on any atom is -0.399 e. The number of aryl methyl sites for hydroxylation is 1. The van der Waals surface area contributed by atoms with Gasteiger partial charge in [-0.1, -0.05) is 58.1 Å². The molecule has 154 valence electrons. The van der Waals surface area contributed by atoms with Crippen molar-refractivity contribution in [3.8, 4) is 0 Å². The Bertz CT molecular complexity index is 518. The summed E-state index contributed by atoms with van der Waals surface area (Å²) in [5, 5.41) is 11.0. The van der Waals surface area contributed by atoms with Gasteiger partial charge in [0.25, 0.3) is 5.91 Å². The van der Waals surface area contributed by atoms with E-state index in [1.165, 1.54) is 43.7 Å². The third-order valence-electron chi connectivity index (χ3n) is 4.23. The molecule has 1 aromatic carbocycles. The monoisotopic (exact) mass is 379 g/mol. The van der Waals surface area contributed by atoms with E-state index in [9.17, 15) is 9.59 Å². The van der Waals surface area contributed by atoms with Gasteiger partial charge in [0.1, 0.15) is 6.04 Å². The number of amides is 2. The zero-order valence-corrected chi connectivity index (χ0v) is 17.1. The lowest BCUT2D eigenvalue weighted by Crippen LogP contribution is -2.43. The number of unbranched alkanes of at least 4 members (excludes halogenated alkanes) is 6. The molecule has 1 atom stereocenters. The van der Waals surface area contributed by atoms with Crippen molar-refractivity contribution in [1.82, 2.24) is 10.8 Å². The van der Waals surface area contributed by atoms with Crippen LogP contribution >= 0.6 is 0 Å². The van der Waals surface area contributed by atoms with Crippen LogP contribution in [0.15, 0.2) is 24.3 Å². The Morgan fingerprint density at radius 1 is 0.963 bits per heavy atom. The normalized spacial score (nSPS) is 11.1. The van der Waals surface area contributed by atoms with Crippen LogP contribution in [0.1, 0.15) is 77.7 Å². The summed E-state index contributed by atoms with van der Waals surface area (Å²) in [7, 11) is 0. The van der Waals surface area contributed by atoms with Crippen molar-refractivity contribution in [1.29, 1.82) is 0 Å². The number of hydrogen-bond acceptors (Lipinski definition) is 4. The summed E-state index contributed by atoms with van der Waals surface area (Å²) in [4.78, 5) is 22.7. The molecule has 1 unspecified atom stereocenters. The van der Waals surface area contributed by atoms with Crippen molar-refractivity contribution in [2.45, 2.75) is 84.6 Å². The summed E-state index contributed by atoms with van der Waals surface area (Å²) >= 11 is 0. The molecule has 0 heterocycles. The fourth-order valence-electron chi connectivity index (χ4n) is 2.66. The van der Waals surface area contributed by atoms with Crippen LogP contribution in [-0.4, -0.2) is 23.1 Å². The molecule has 1 aromatic rings. The summed E-state index contributed by atoms with van der Waals surface area (Å²) in [6.45, 7) is 5.54. The molecule has 5 N–H and O–H groups in total. The summed E-state index contributed by atoms with van der Waals surface area (Å²) < 4.78 is 0. The first-order valence-electron chi connectivity index (χ1n) is 10.1. The number of hydrogen-bond donors (Lipinski definition) is 4. The van der Waals surface area contributed by atoms with Gasteiger partial charge in [0.05, 0.1) is 0 Å². The average molecular weight is 380 g/mol. The summed E-state index contributed by atoms with van der Waals surface area (Å²) in [6.07, 6.45) is 9.30. The highest BCUT2D eigenvalue weighted by atomic mass is 16.5. The Balaban J connectivity index is 0.00000326. The lowest BCUT2D eigenvalue weighted by atomic mass is 10.0. The Hall–Kier alpha value is -2.08. The third-order valence-corrected chi connectivity index (χ3v) is 4.23. The highest BCUT2D eigenvalue weighted by molar-refractivity contribution is 5.86. The number of hydroxylamine groups is 1. The number of nitrogens with one attached hydrogen (secondary N) is 2. The smallest absolute Gasteiger partial charge is 0.265 e. The predicted octanol–water partition coefficient (Wildman–Crippen LogP) is 3.97. The summed E-state index contributed by atoms with van der Waals surface area (Å²) in [6, 6.07) is 7.36. The van der Waals surface area contributed by atoms with Gasteiger partial charge in [-0.3, -0.25) is 14.8 Å². The molecule has 0 aromatic heterocycles. The Labute approximate surface area is 163 Å². The van der Waals surface area contributed by atoms with Crippen LogP contribution < -0.4 is 16.5 Å². The topological polar surface area (TPSA) is 104 Å². The van der Waals surface area contributed by atoms with E-state index in [1.54, 1.807) is 0 Å². The van der Waals surface area contributed by atoms with Crippen molar-refractivity contribution < 1.29 is 14.8 Å². The maximum absolute atomic E-state index is 11.6. The highest BCUT2D eigenvalue weighted by Gasteiger charge is 2.13. The SMILES string of the molecule is CC.CC(NC(=O)CCCCCCCCCc1ccc(N)cc1)C(=O)NO. The van der Waals surface area contributed by atoms with Crippen LogP contribution in [0.4, 0.5) is 5.69 Å². The molecule has 6 nitrogen and oxygen atoms in total. The minimum absolute atomic E-state index is 0.153. The Kier molecular flexibility index (Phi) is 14.9. The molecule has 6 heteroatoms. The first-order chi connectivity index (χ1) is 13.0. The van der Waals surface area contributed by atoms with E-state index in [0.717, 1.165) is 31.4 Å². The minimum atomic E-state index is -0.710. The quantitative estimate of drug-likeness (QED) is 0.191. The van der Waals surface area contributed by atoms with Crippen molar-refractivity contribution in [2.24, 2.45) is 0 Å². The number of carbonyl (C=O) groups excluding carboxylic acids is 2. The number of nitrogens with two attached hydrogens (primary N) is 1. The second-order valence-corrected chi connectivity index (χ2v) is 6.48. The van der Waals surface area contributed by atoms with Crippen LogP contribution in [0.5, 0.6) is 0 Å². The van der Waals surface area contributed by atoms with Crippen LogP contribution in [0.3, 0.4) is 0 Å². The fraction of sp³-hybridized carbons (Fsp3) is 0.619. The molecule has 0 aliphatic heterocycles. The first kappa shape index (κ1) is 24.9. The standard InChI is InChI=1S/C19H31N3O3.C2H6/c1-15(19(24)22-25)21-18(23)10-8-6-4-2-3-5-7-9-16-11-13-17(20)14-12-16;1-2/h11-15,25H,2-10,20H2,1H3,(H,21,23)(H,22,24);1-2H3. The Morgan fingerprint density at radius 2 is 1.48 bits per heavy atom. The first-order valence-corrected chi connectivity index (χ1v) is 10.1. The average Bonchev–Trinajstić information content (AvgIpc) is 2.68. The molecule has 0 spiro atoms. The molecule has 0 saturated heterocycles. The molecule has 0 fully saturated rings. The largest absolute Gasteiger partial charge is 0.399 e. The lowest BCUT2D eigenvalue weighted by Gasteiger charge is -2.11. The van der Waals surface area contributed by atoms with E-state index in [4.69, 9.17) is 10.9 Å². The number of anilines is 1. The molecular weight excluding hydrogens is 342 g/mol. The van der Waals surface area contributed by atoms with Crippen LogP contribution in [0.25, 0.3) is 0 Å². The third kappa shape index (κ3) is 12.8. The van der Waals surface area contributed by atoms with Crippen LogP contribution in [-0.2, 0) is 16.0 Å². The van der Waals surface area contributed by atoms with Gasteiger partial charge in [0.2, 0.25) is 5.91 Å². The van der Waals surface area contributed by atoms with E-state index in [0.29, 0.717) is 6.42 Å². The molecule has 0 radical (unpaired) electrons. The van der Waals surface area contributed by atoms with Crippen molar-refractivity contribution in [3.63, 3.8) is 0 Å². The summed E-state index contributed by atoms with van der Waals surface area (Å²) in [5.41, 5.74) is 9.34. The molecule has 27 heavy (non-hydrogen) atoms. The van der Waals surface area contributed by atoms with Gasteiger partial charge < -0.3 is 11.1 Å². The van der Waals surface area contributed by atoms with Crippen molar-refractivity contribution in [3.05, 3.63) is 29.8 Å². The van der Waals surface area contributed by atoms with Gasteiger partial charge in [-0.25, -0.2) is 5.48 Å². The van der Waals surface area contributed by atoms with Gasteiger partial charge in [0, 0.05) is 12.1 Å². The number of nitrogen functional groups attached to an aromatic ring is 1. The van der Waals surface area contributed by atoms with Gasteiger partial charge in [0.15, 0.2) is 0 Å². The predicted molar refractivity (Wildman–Crippen MR) is 110 cm³/mol. The maximum Gasteiger partial charge on any atom is 0.265 e. The molecule has 0 aliphatic rings.